The van der Waals surface area contributed by atoms with Gasteiger partial charge in [0.25, 0.3) is 5.91 Å². The van der Waals surface area contributed by atoms with Crippen LogP contribution in [0.2, 0.25) is 5.02 Å². The molecule has 0 aliphatic carbocycles. The maximum atomic E-state index is 13.1. The number of rotatable bonds is 9. The number of benzene rings is 1. The number of thioether (sulfide) groups is 1. The molecular weight excluding hydrogens is 386 g/mol. The van der Waals surface area contributed by atoms with Crippen LogP contribution in [0.15, 0.2) is 24.3 Å². The lowest BCUT2D eigenvalue weighted by atomic mass is 9.99. The number of hydrogen-bond acceptors (Lipinski definition) is 4. The third-order valence-corrected chi connectivity index (χ3v) is 6.68. The molecule has 1 amide bonds. The Hall–Kier alpha value is -1.24. The van der Waals surface area contributed by atoms with Crippen LogP contribution in [-0.2, 0) is 14.3 Å². The maximum Gasteiger partial charge on any atom is 0.306 e. The molecule has 4 atom stereocenters. The first-order valence-corrected chi connectivity index (χ1v) is 10.8. The van der Waals surface area contributed by atoms with E-state index in [0.717, 1.165) is 24.2 Å². The van der Waals surface area contributed by atoms with Crippen LogP contribution in [0.5, 0.6) is 0 Å². The molecule has 1 N–H and O–H groups in total. The van der Waals surface area contributed by atoms with Crippen LogP contribution in [0.3, 0.4) is 0 Å². The Kier molecular flexibility index (Phi) is 8.45. The van der Waals surface area contributed by atoms with E-state index in [-0.39, 0.29) is 31.0 Å². The van der Waals surface area contributed by atoms with Crippen LogP contribution in [0.25, 0.3) is 0 Å². The normalized spacial score (nSPS) is 22.5. The van der Waals surface area contributed by atoms with Gasteiger partial charge in [-0.25, -0.2) is 0 Å². The summed E-state index contributed by atoms with van der Waals surface area (Å²) in [5, 5.41) is 10.3. The summed E-state index contributed by atoms with van der Waals surface area (Å²) in [6.45, 7) is 6.69. The number of carbonyl (C=O) groups is 2. The Morgan fingerprint density at radius 2 is 2.00 bits per heavy atom. The van der Waals surface area contributed by atoms with E-state index in [4.69, 9.17) is 21.4 Å². The monoisotopic (exact) mass is 413 g/mol. The van der Waals surface area contributed by atoms with Gasteiger partial charge in [-0.1, -0.05) is 44.5 Å². The summed E-state index contributed by atoms with van der Waals surface area (Å²) in [7, 11) is 0. The number of ether oxygens (including phenoxy) is 1. The van der Waals surface area contributed by atoms with Gasteiger partial charge in [0.1, 0.15) is 6.10 Å². The second-order valence-electron chi connectivity index (χ2n) is 6.85. The predicted molar refractivity (Wildman–Crippen MR) is 109 cm³/mol. The molecule has 1 aromatic rings. The molecule has 7 heteroatoms. The lowest BCUT2D eigenvalue weighted by Crippen LogP contribution is -2.55. The minimum Gasteiger partial charge on any atom is -0.481 e. The van der Waals surface area contributed by atoms with Crippen LogP contribution < -0.4 is 0 Å². The van der Waals surface area contributed by atoms with Gasteiger partial charge >= 0.3 is 5.97 Å². The van der Waals surface area contributed by atoms with Gasteiger partial charge in [0.15, 0.2) is 0 Å². The lowest BCUT2D eigenvalue weighted by molar-refractivity contribution is -0.168. The Bertz CT molecular complexity index is 639. The van der Waals surface area contributed by atoms with Crippen molar-refractivity contribution in [2.75, 3.05) is 12.4 Å². The molecule has 0 aromatic heterocycles. The molecule has 0 radical (unpaired) electrons. The number of hydrogen-bond donors (Lipinski definition) is 1. The predicted octanol–water partition coefficient (Wildman–Crippen LogP) is 4.39. The summed E-state index contributed by atoms with van der Waals surface area (Å²) in [4.78, 5) is 26.1. The molecule has 5 nitrogen and oxygen atoms in total. The van der Waals surface area contributed by atoms with Crippen molar-refractivity contribution in [3.05, 3.63) is 34.9 Å². The summed E-state index contributed by atoms with van der Waals surface area (Å²) < 4.78 is 5.66. The van der Waals surface area contributed by atoms with Gasteiger partial charge in [0.05, 0.1) is 19.1 Å². The lowest BCUT2D eigenvalue weighted by Gasteiger charge is -2.44. The van der Waals surface area contributed by atoms with Gasteiger partial charge < -0.3 is 14.7 Å². The van der Waals surface area contributed by atoms with E-state index in [2.05, 4.69) is 20.8 Å². The maximum absolute atomic E-state index is 13.1. The first-order chi connectivity index (χ1) is 12.9. The molecule has 1 aliphatic heterocycles. The smallest absolute Gasteiger partial charge is 0.306 e. The molecule has 27 heavy (non-hydrogen) atoms. The minimum absolute atomic E-state index is 0.0253. The molecule has 4 unspecified atom stereocenters. The highest BCUT2D eigenvalue weighted by molar-refractivity contribution is 7.99. The second kappa shape index (κ2) is 10.3. The molecule has 1 aromatic carbocycles. The molecule has 1 fully saturated rings. The fourth-order valence-corrected chi connectivity index (χ4v) is 4.46. The van der Waals surface area contributed by atoms with E-state index < -0.39 is 12.1 Å². The standard InChI is InChI=1S/C20H28ClNO4S/c1-4-13(3)27-12-16(5-2)22-17(14-6-8-15(21)9-7-14)11-26-18(20(22)25)10-19(23)24/h6-9,13,16-18H,4-5,10-12H2,1-3H3,(H,23,24). The van der Waals surface area contributed by atoms with E-state index in [0.29, 0.717) is 10.3 Å². The molecule has 0 saturated carbocycles. The van der Waals surface area contributed by atoms with Gasteiger partial charge in [-0.05, 0) is 30.5 Å². The van der Waals surface area contributed by atoms with Gasteiger partial charge in [0.2, 0.25) is 0 Å². The average molecular weight is 414 g/mol. The minimum atomic E-state index is -1.03. The molecule has 0 spiro atoms. The summed E-state index contributed by atoms with van der Waals surface area (Å²) in [5.74, 6) is -0.443. The van der Waals surface area contributed by atoms with E-state index >= 15 is 0 Å². The van der Waals surface area contributed by atoms with Crippen molar-refractivity contribution in [3.63, 3.8) is 0 Å². The van der Waals surface area contributed by atoms with Crippen LogP contribution in [-0.4, -0.2) is 51.6 Å². The first-order valence-electron chi connectivity index (χ1n) is 9.39. The van der Waals surface area contributed by atoms with E-state index in [9.17, 15) is 9.59 Å². The molecular formula is C20H28ClNO4S. The summed E-state index contributed by atoms with van der Waals surface area (Å²) in [5.41, 5.74) is 0.952. The number of carboxylic acids is 1. The number of carboxylic acid groups (broad SMARTS) is 1. The average Bonchev–Trinajstić information content (AvgIpc) is 2.65. The van der Waals surface area contributed by atoms with Crippen molar-refractivity contribution in [2.45, 2.75) is 63.5 Å². The molecule has 1 heterocycles. The molecule has 1 aliphatic rings. The largest absolute Gasteiger partial charge is 0.481 e. The highest BCUT2D eigenvalue weighted by Gasteiger charge is 2.41. The third-order valence-electron chi connectivity index (χ3n) is 4.95. The third kappa shape index (κ3) is 5.87. The van der Waals surface area contributed by atoms with E-state index in [1.807, 2.05) is 28.8 Å². The Morgan fingerprint density at radius 3 is 2.56 bits per heavy atom. The van der Waals surface area contributed by atoms with Crippen molar-refractivity contribution < 1.29 is 19.4 Å². The van der Waals surface area contributed by atoms with E-state index in [1.54, 1.807) is 12.1 Å². The number of nitrogens with zero attached hydrogens (tertiary/aromatic N) is 1. The van der Waals surface area contributed by atoms with Gasteiger partial charge in [-0.2, -0.15) is 11.8 Å². The number of amides is 1. The molecule has 1 saturated heterocycles. The molecule has 0 bridgehead atoms. The number of aliphatic carboxylic acids is 1. The Balaban J connectivity index is 2.29. The van der Waals surface area contributed by atoms with Crippen molar-refractivity contribution >= 4 is 35.2 Å². The molecule has 2 rings (SSSR count). The fourth-order valence-electron chi connectivity index (χ4n) is 3.15. The van der Waals surface area contributed by atoms with Crippen molar-refractivity contribution in [3.8, 4) is 0 Å². The van der Waals surface area contributed by atoms with E-state index in [1.165, 1.54) is 0 Å². The number of halogens is 1. The number of morpholine rings is 1. The Morgan fingerprint density at radius 1 is 1.33 bits per heavy atom. The van der Waals surface area contributed by atoms with Crippen molar-refractivity contribution in [2.24, 2.45) is 0 Å². The highest BCUT2D eigenvalue weighted by atomic mass is 35.5. The number of carbonyl (C=O) groups excluding carboxylic acids is 1. The Labute approximate surface area is 170 Å². The first kappa shape index (κ1) is 22.1. The summed E-state index contributed by atoms with van der Waals surface area (Å²) in [6, 6.07) is 7.21. The van der Waals surface area contributed by atoms with Crippen LogP contribution >= 0.6 is 23.4 Å². The zero-order valence-electron chi connectivity index (χ0n) is 16.1. The molecule has 150 valence electrons. The summed E-state index contributed by atoms with van der Waals surface area (Å²) in [6.07, 6.45) is 0.644. The van der Waals surface area contributed by atoms with Crippen LogP contribution in [0, 0.1) is 0 Å². The summed E-state index contributed by atoms with van der Waals surface area (Å²) >= 11 is 7.85. The fraction of sp³-hybridized carbons (Fsp3) is 0.600. The van der Waals surface area contributed by atoms with Crippen LogP contribution in [0.1, 0.15) is 51.6 Å². The van der Waals surface area contributed by atoms with Gasteiger partial charge in [-0.15, -0.1) is 0 Å². The zero-order chi connectivity index (χ0) is 20.0. The van der Waals surface area contributed by atoms with Crippen molar-refractivity contribution in [1.29, 1.82) is 0 Å². The van der Waals surface area contributed by atoms with Gasteiger partial charge in [0, 0.05) is 22.1 Å². The van der Waals surface area contributed by atoms with Crippen LogP contribution in [0.4, 0.5) is 0 Å². The van der Waals surface area contributed by atoms with Gasteiger partial charge in [-0.3, -0.25) is 9.59 Å². The second-order valence-corrected chi connectivity index (χ2v) is 8.75. The zero-order valence-corrected chi connectivity index (χ0v) is 17.6. The SMILES string of the molecule is CCC(C)SCC(CC)N1C(=O)C(CC(=O)O)OCC1c1ccc(Cl)cc1. The topological polar surface area (TPSA) is 66.8 Å². The highest BCUT2D eigenvalue weighted by Crippen LogP contribution is 2.33. The van der Waals surface area contributed by atoms with Crippen molar-refractivity contribution in [1.82, 2.24) is 4.90 Å². The quantitative estimate of drug-likeness (QED) is 0.650.